The largest absolute Gasteiger partial charge is 0.341 e. The summed E-state index contributed by atoms with van der Waals surface area (Å²) in [6, 6.07) is 26.6. The van der Waals surface area contributed by atoms with E-state index in [0.29, 0.717) is 16.4 Å². The summed E-state index contributed by atoms with van der Waals surface area (Å²) in [5, 5.41) is 7.16. The highest BCUT2D eigenvalue weighted by molar-refractivity contribution is 6.30. The Balaban J connectivity index is 1.66. The number of hydrogen-bond acceptors (Lipinski definition) is 3. The number of aromatic nitrogens is 1. The number of halogens is 1. The topological polar surface area (TPSA) is 54.0 Å². The van der Waals surface area contributed by atoms with Crippen molar-refractivity contribution >= 4 is 29.0 Å². The smallest absolute Gasteiger partial charge is 0.255 e. The summed E-state index contributed by atoms with van der Waals surface area (Å²) in [6.07, 6.45) is 1.68. The van der Waals surface area contributed by atoms with E-state index in [1.165, 1.54) is 5.56 Å². The molecule has 5 heteroatoms. The number of anilines is 2. The van der Waals surface area contributed by atoms with Gasteiger partial charge in [-0.25, -0.2) is 4.98 Å². The number of rotatable bonds is 6. The molecule has 0 fully saturated rings. The molecule has 32 heavy (non-hydrogen) atoms. The Morgan fingerprint density at radius 3 is 2.31 bits per heavy atom. The van der Waals surface area contributed by atoms with Gasteiger partial charge < -0.3 is 10.6 Å². The molecule has 2 N–H and O–H groups in total. The molecule has 1 amide bonds. The zero-order chi connectivity index (χ0) is 22.5. The monoisotopic (exact) mass is 441 g/mol. The van der Waals surface area contributed by atoms with E-state index in [2.05, 4.69) is 28.6 Å². The van der Waals surface area contributed by atoms with Crippen LogP contribution < -0.4 is 10.6 Å². The zero-order valence-electron chi connectivity index (χ0n) is 18.0. The lowest BCUT2D eigenvalue weighted by Gasteiger charge is -2.21. The number of nitrogens with zero attached hydrogens (tertiary/aromatic N) is 1. The first-order chi connectivity index (χ1) is 15.5. The summed E-state index contributed by atoms with van der Waals surface area (Å²) < 4.78 is 0. The first kappa shape index (κ1) is 21.6. The van der Waals surface area contributed by atoms with Gasteiger partial charge in [0.05, 0.1) is 11.6 Å². The highest BCUT2D eigenvalue weighted by Gasteiger charge is 2.20. The first-order valence-electron chi connectivity index (χ1n) is 10.4. The van der Waals surface area contributed by atoms with Gasteiger partial charge in [0.2, 0.25) is 0 Å². The zero-order valence-corrected chi connectivity index (χ0v) is 18.7. The highest BCUT2D eigenvalue weighted by Crippen LogP contribution is 2.27. The molecule has 3 aromatic carbocycles. The molecule has 0 radical (unpaired) electrons. The number of pyridine rings is 1. The van der Waals surface area contributed by atoms with Crippen LogP contribution in [0.3, 0.4) is 0 Å². The molecule has 0 aliphatic carbocycles. The summed E-state index contributed by atoms with van der Waals surface area (Å²) >= 11 is 6.08. The van der Waals surface area contributed by atoms with Crippen molar-refractivity contribution in [2.75, 3.05) is 5.32 Å². The number of hydrogen-bond donors (Lipinski definition) is 2. The van der Waals surface area contributed by atoms with Crippen LogP contribution in [0.2, 0.25) is 5.02 Å². The van der Waals surface area contributed by atoms with Gasteiger partial charge >= 0.3 is 0 Å². The molecule has 0 bridgehead atoms. The van der Waals surface area contributed by atoms with Gasteiger partial charge in [-0.3, -0.25) is 4.79 Å². The van der Waals surface area contributed by atoms with Gasteiger partial charge in [-0.15, -0.1) is 0 Å². The van der Waals surface area contributed by atoms with Crippen molar-refractivity contribution in [2.24, 2.45) is 0 Å². The van der Waals surface area contributed by atoms with Gasteiger partial charge in [-0.1, -0.05) is 66.2 Å². The van der Waals surface area contributed by atoms with Gasteiger partial charge in [0.15, 0.2) is 0 Å². The lowest BCUT2D eigenvalue weighted by atomic mass is 9.98. The molecule has 4 rings (SSSR count). The molecule has 0 aliphatic rings. The van der Waals surface area contributed by atoms with Gasteiger partial charge in [-0.2, -0.15) is 0 Å². The second-order valence-corrected chi connectivity index (χ2v) is 8.08. The van der Waals surface area contributed by atoms with Crippen LogP contribution in [0.1, 0.15) is 38.7 Å². The average Bonchev–Trinajstić information content (AvgIpc) is 2.82. The lowest BCUT2D eigenvalue weighted by Crippen LogP contribution is -2.30. The second kappa shape index (κ2) is 9.67. The summed E-state index contributed by atoms with van der Waals surface area (Å²) in [4.78, 5) is 17.9. The van der Waals surface area contributed by atoms with Crippen molar-refractivity contribution in [3.8, 4) is 0 Å². The fraction of sp³-hybridized carbons (Fsp3) is 0.111. The van der Waals surface area contributed by atoms with Crippen LogP contribution in [0.15, 0.2) is 91.1 Å². The van der Waals surface area contributed by atoms with Crippen molar-refractivity contribution in [2.45, 2.75) is 19.9 Å². The fourth-order valence-corrected chi connectivity index (χ4v) is 3.70. The Labute approximate surface area is 193 Å². The van der Waals surface area contributed by atoms with Gasteiger partial charge in [0, 0.05) is 16.9 Å². The minimum absolute atomic E-state index is 0.213. The Hall–Kier alpha value is -3.63. The standard InChI is InChI=1S/C27H24ClN3O/c1-18-8-6-12-24(19(18)2)30-26-23(11-7-17-29-26)27(32)31-25(20-9-4-3-5-10-20)21-13-15-22(28)16-14-21/h3-17,25H,1-2H3,(H,29,30)(H,31,32). The van der Waals surface area contributed by atoms with Crippen LogP contribution >= 0.6 is 11.6 Å². The molecular formula is C27H24ClN3O. The van der Waals surface area contributed by atoms with Crippen molar-refractivity contribution in [1.82, 2.24) is 10.3 Å². The molecule has 0 spiro atoms. The van der Waals surface area contributed by atoms with Crippen molar-refractivity contribution in [1.29, 1.82) is 0 Å². The third kappa shape index (κ3) is 4.82. The molecule has 0 saturated heterocycles. The van der Waals surface area contributed by atoms with Crippen molar-refractivity contribution in [3.63, 3.8) is 0 Å². The summed E-state index contributed by atoms with van der Waals surface area (Å²) in [7, 11) is 0. The summed E-state index contributed by atoms with van der Waals surface area (Å²) in [6.45, 7) is 4.11. The van der Waals surface area contributed by atoms with Crippen LogP contribution in [-0.2, 0) is 0 Å². The summed E-state index contributed by atoms with van der Waals surface area (Å²) in [5.41, 5.74) is 5.62. The van der Waals surface area contributed by atoms with Gasteiger partial charge in [-0.05, 0) is 66.4 Å². The molecule has 1 unspecified atom stereocenters. The van der Waals surface area contributed by atoms with Crippen LogP contribution in [-0.4, -0.2) is 10.9 Å². The molecule has 1 aromatic heterocycles. The van der Waals surface area contributed by atoms with E-state index in [1.54, 1.807) is 18.3 Å². The lowest BCUT2D eigenvalue weighted by molar-refractivity contribution is 0.0943. The second-order valence-electron chi connectivity index (χ2n) is 7.64. The molecule has 0 saturated carbocycles. The molecule has 1 heterocycles. The van der Waals surface area contributed by atoms with Crippen LogP contribution in [0.25, 0.3) is 0 Å². The van der Waals surface area contributed by atoms with E-state index in [0.717, 1.165) is 22.4 Å². The van der Waals surface area contributed by atoms with E-state index in [4.69, 9.17) is 11.6 Å². The molecule has 160 valence electrons. The number of aryl methyl sites for hydroxylation is 1. The fourth-order valence-electron chi connectivity index (χ4n) is 3.57. The summed E-state index contributed by atoms with van der Waals surface area (Å²) in [5.74, 6) is 0.302. The maximum atomic E-state index is 13.4. The van der Waals surface area contributed by atoms with Gasteiger partial charge in [0.25, 0.3) is 5.91 Å². The van der Waals surface area contributed by atoms with E-state index >= 15 is 0 Å². The first-order valence-corrected chi connectivity index (χ1v) is 10.8. The molecule has 1 atom stereocenters. The number of carbonyl (C=O) groups is 1. The number of benzene rings is 3. The van der Waals surface area contributed by atoms with E-state index in [9.17, 15) is 4.79 Å². The number of nitrogens with one attached hydrogen (secondary N) is 2. The quantitative estimate of drug-likeness (QED) is 0.353. The predicted molar refractivity (Wildman–Crippen MR) is 131 cm³/mol. The molecule has 4 aromatic rings. The highest BCUT2D eigenvalue weighted by atomic mass is 35.5. The minimum Gasteiger partial charge on any atom is -0.341 e. The Kier molecular flexibility index (Phi) is 6.52. The Morgan fingerprint density at radius 2 is 1.56 bits per heavy atom. The Morgan fingerprint density at radius 1 is 0.844 bits per heavy atom. The van der Waals surface area contributed by atoms with Crippen molar-refractivity contribution < 1.29 is 4.79 Å². The molecule has 4 nitrogen and oxygen atoms in total. The predicted octanol–water partition coefficient (Wildman–Crippen LogP) is 6.61. The Bertz CT molecular complexity index is 1220. The third-order valence-electron chi connectivity index (χ3n) is 5.52. The average molecular weight is 442 g/mol. The van der Waals surface area contributed by atoms with Crippen molar-refractivity contribution in [3.05, 3.63) is 124 Å². The van der Waals surface area contributed by atoms with E-state index < -0.39 is 0 Å². The molecular weight excluding hydrogens is 418 g/mol. The van der Waals surface area contributed by atoms with Gasteiger partial charge in [0.1, 0.15) is 5.82 Å². The SMILES string of the molecule is Cc1cccc(Nc2ncccc2C(=O)NC(c2ccccc2)c2ccc(Cl)cc2)c1C. The van der Waals surface area contributed by atoms with E-state index in [1.807, 2.05) is 73.7 Å². The maximum absolute atomic E-state index is 13.4. The van der Waals surface area contributed by atoms with Crippen LogP contribution in [0.4, 0.5) is 11.5 Å². The van der Waals surface area contributed by atoms with E-state index in [-0.39, 0.29) is 11.9 Å². The van der Waals surface area contributed by atoms with Crippen LogP contribution in [0.5, 0.6) is 0 Å². The normalized spacial score (nSPS) is 11.6. The molecule has 0 aliphatic heterocycles. The van der Waals surface area contributed by atoms with Crippen LogP contribution in [0, 0.1) is 13.8 Å². The number of amides is 1. The third-order valence-corrected chi connectivity index (χ3v) is 5.77. The maximum Gasteiger partial charge on any atom is 0.255 e. The minimum atomic E-state index is -0.324. The number of carbonyl (C=O) groups excluding carboxylic acids is 1.